The molecule has 1 amide bonds. The van der Waals surface area contributed by atoms with Gasteiger partial charge in [0.2, 0.25) is 5.91 Å². The monoisotopic (exact) mass is 476 g/mol. The zero-order chi connectivity index (χ0) is 23.1. The Morgan fingerprint density at radius 1 is 1.15 bits per heavy atom. The van der Waals surface area contributed by atoms with Crippen LogP contribution in [0.3, 0.4) is 0 Å². The van der Waals surface area contributed by atoms with Crippen molar-refractivity contribution in [3.63, 3.8) is 0 Å². The molecule has 0 spiro atoms. The third-order valence-corrected chi connectivity index (χ3v) is 7.72. The molecule has 10 heteroatoms. The SMILES string of the molecule is CC1(c2nnnn2-c2ccc3c(c2)OCCO3)CSCC(=O)N1CCc1c[nH]c2ccccc12. The van der Waals surface area contributed by atoms with E-state index >= 15 is 0 Å². The number of benzene rings is 2. The van der Waals surface area contributed by atoms with Crippen LogP contribution in [0.5, 0.6) is 11.5 Å². The van der Waals surface area contributed by atoms with E-state index in [1.807, 2.05) is 48.4 Å². The number of hydrogen-bond acceptors (Lipinski definition) is 7. The van der Waals surface area contributed by atoms with Crippen LogP contribution in [0, 0.1) is 0 Å². The van der Waals surface area contributed by atoms with Gasteiger partial charge in [-0.1, -0.05) is 18.2 Å². The first kappa shape index (κ1) is 21.0. The predicted molar refractivity (Wildman–Crippen MR) is 129 cm³/mol. The molecule has 0 saturated carbocycles. The standard InChI is InChI=1S/C24H24N6O3S/c1-24(23-26-27-28-30(23)17-6-7-20-21(12-17)33-11-10-32-20)15-34-14-22(31)29(24)9-8-16-13-25-19-5-3-2-4-18(16)19/h2-7,12-13,25H,8-11,14-15H2,1H3. The molecule has 2 aromatic heterocycles. The van der Waals surface area contributed by atoms with Crippen molar-refractivity contribution in [2.24, 2.45) is 0 Å². The second-order valence-electron chi connectivity index (χ2n) is 8.66. The highest BCUT2D eigenvalue weighted by molar-refractivity contribution is 8.00. The fourth-order valence-corrected chi connectivity index (χ4v) is 5.87. The number of rotatable bonds is 5. The Balaban J connectivity index is 1.33. The van der Waals surface area contributed by atoms with E-state index in [2.05, 4.69) is 32.6 Å². The second-order valence-corrected chi connectivity index (χ2v) is 9.65. The van der Waals surface area contributed by atoms with Gasteiger partial charge in [-0.25, -0.2) is 0 Å². The minimum atomic E-state index is -0.664. The molecule has 1 unspecified atom stereocenters. The Morgan fingerprint density at radius 2 is 2.00 bits per heavy atom. The van der Waals surface area contributed by atoms with E-state index < -0.39 is 5.54 Å². The topological polar surface area (TPSA) is 98.2 Å². The molecule has 6 rings (SSSR count). The number of aromatic nitrogens is 5. The molecule has 2 aromatic carbocycles. The molecule has 4 heterocycles. The molecule has 34 heavy (non-hydrogen) atoms. The van der Waals surface area contributed by atoms with Crippen LogP contribution in [0.15, 0.2) is 48.7 Å². The molecular formula is C24H24N6O3S. The second kappa shape index (κ2) is 8.35. The number of para-hydroxylation sites is 1. The number of aromatic amines is 1. The lowest BCUT2D eigenvalue weighted by Gasteiger charge is -2.43. The van der Waals surface area contributed by atoms with E-state index in [1.54, 1.807) is 16.4 Å². The van der Waals surface area contributed by atoms with Gasteiger partial charge in [0.15, 0.2) is 17.3 Å². The zero-order valence-electron chi connectivity index (χ0n) is 18.7. The number of carbonyl (C=O) groups excluding carboxylic acids is 1. The fourth-order valence-electron chi connectivity index (χ4n) is 4.76. The first-order valence-corrected chi connectivity index (χ1v) is 12.4. The van der Waals surface area contributed by atoms with Gasteiger partial charge in [-0.15, -0.1) is 16.9 Å². The summed E-state index contributed by atoms with van der Waals surface area (Å²) in [5, 5.41) is 13.8. The number of carbonyl (C=O) groups is 1. The van der Waals surface area contributed by atoms with E-state index in [0.717, 1.165) is 17.6 Å². The number of ether oxygens (including phenoxy) is 2. The summed E-state index contributed by atoms with van der Waals surface area (Å²) in [7, 11) is 0. The minimum Gasteiger partial charge on any atom is -0.486 e. The summed E-state index contributed by atoms with van der Waals surface area (Å²) in [6.07, 6.45) is 2.77. The molecule has 9 nitrogen and oxygen atoms in total. The van der Waals surface area contributed by atoms with Crippen molar-refractivity contribution in [3.8, 4) is 17.2 Å². The number of tetrazole rings is 1. The number of nitrogens with zero attached hydrogens (tertiary/aromatic N) is 5. The Labute approximate surface area is 200 Å². The summed E-state index contributed by atoms with van der Waals surface area (Å²) in [6, 6.07) is 13.9. The van der Waals surface area contributed by atoms with Gasteiger partial charge in [0.25, 0.3) is 0 Å². The van der Waals surface area contributed by atoms with Crippen molar-refractivity contribution in [2.45, 2.75) is 18.9 Å². The van der Waals surface area contributed by atoms with Crippen LogP contribution >= 0.6 is 11.8 Å². The summed E-state index contributed by atoms with van der Waals surface area (Å²) < 4.78 is 13.1. The molecule has 0 bridgehead atoms. The van der Waals surface area contributed by atoms with Gasteiger partial charge >= 0.3 is 0 Å². The lowest BCUT2D eigenvalue weighted by atomic mass is 9.99. The van der Waals surface area contributed by atoms with E-state index in [4.69, 9.17) is 9.47 Å². The molecule has 1 saturated heterocycles. The number of hydrogen-bond donors (Lipinski definition) is 1. The number of fused-ring (bicyclic) bond motifs is 2. The predicted octanol–water partition coefficient (Wildman–Crippen LogP) is 2.95. The third-order valence-electron chi connectivity index (χ3n) is 6.51. The molecule has 2 aliphatic rings. The molecule has 1 atom stereocenters. The first-order chi connectivity index (χ1) is 16.6. The van der Waals surface area contributed by atoms with Gasteiger partial charge in [-0.2, -0.15) is 4.68 Å². The normalized spacial score (nSPS) is 20.1. The Kier molecular flexibility index (Phi) is 5.17. The van der Waals surface area contributed by atoms with Crippen molar-refractivity contribution in [1.82, 2.24) is 30.1 Å². The van der Waals surface area contributed by atoms with Gasteiger partial charge in [0.05, 0.1) is 11.4 Å². The van der Waals surface area contributed by atoms with Crippen LogP contribution in [-0.2, 0) is 16.8 Å². The summed E-state index contributed by atoms with van der Waals surface area (Å²) >= 11 is 1.61. The quantitative estimate of drug-likeness (QED) is 0.473. The maximum Gasteiger partial charge on any atom is 0.233 e. The van der Waals surface area contributed by atoms with Crippen LogP contribution in [0.2, 0.25) is 0 Å². The average molecular weight is 477 g/mol. The molecule has 174 valence electrons. The Morgan fingerprint density at radius 3 is 2.91 bits per heavy atom. The third kappa shape index (κ3) is 3.49. The molecule has 2 aliphatic heterocycles. The van der Waals surface area contributed by atoms with Gasteiger partial charge in [-0.05, 0) is 47.5 Å². The van der Waals surface area contributed by atoms with E-state index in [0.29, 0.717) is 48.6 Å². The summed E-state index contributed by atoms with van der Waals surface area (Å²) in [5.41, 5.74) is 2.40. The highest BCUT2D eigenvalue weighted by atomic mass is 32.2. The fraction of sp³-hybridized carbons (Fsp3) is 0.333. The summed E-state index contributed by atoms with van der Waals surface area (Å²) in [6.45, 7) is 3.66. The molecule has 1 N–H and O–H groups in total. The largest absolute Gasteiger partial charge is 0.486 e. The minimum absolute atomic E-state index is 0.0929. The molecule has 1 fully saturated rings. The average Bonchev–Trinajstić information content (AvgIpc) is 3.52. The Bertz CT molecular complexity index is 1370. The van der Waals surface area contributed by atoms with Crippen LogP contribution in [0.4, 0.5) is 0 Å². The van der Waals surface area contributed by atoms with Crippen molar-refractivity contribution >= 4 is 28.6 Å². The Hall–Kier alpha value is -3.53. The van der Waals surface area contributed by atoms with Crippen LogP contribution in [0.25, 0.3) is 16.6 Å². The van der Waals surface area contributed by atoms with Crippen molar-refractivity contribution in [1.29, 1.82) is 0 Å². The molecule has 4 aromatic rings. The first-order valence-electron chi connectivity index (χ1n) is 11.3. The highest BCUT2D eigenvalue weighted by Crippen LogP contribution is 2.38. The van der Waals surface area contributed by atoms with Crippen molar-refractivity contribution in [3.05, 3.63) is 60.0 Å². The van der Waals surface area contributed by atoms with Gasteiger partial charge in [0.1, 0.15) is 18.8 Å². The van der Waals surface area contributed by atoms with Gasteiger partial charge in [0, 0.05) is 35.5 Å². The number of H-pyrrole nitrogens is 1. The highest BCUT2D eigenvalue weighted by Gasteiger charge is 2.44. The van der Waals surface area contributed by atoms with Gasteiger partial charge in [-0.3, -0.25) is 4.79 Å². The lowest BCUT2D eigenvalue weighted by Crippen LogP contribution is -2.55. The van der Waals surface area contributed by atoms with Crippen molar-refractivity contribution in [2.75, 3.05) is 31.3 Å². The summed E-state index contributed by atoms with van der Waals surface area (Å²) in [4.78, 5) is 18.4. The number of thioether (sulfide) groups is 1. The molecule has 0 radical (unpaired) electrons. The zero-order valence-corrected chi connectivity index (χ0v) is 19.5. The molecular weight excluding hydrogens is 452 g/mol. The lowest BCUT2D eigenvalue weighted by molar-refractivity contribution is -0.134. The number of amides is 1. The summed E-state index contributed by atoms with van der Waals surface area (Å²) in [5.74, 6) is 3.26. The van der Waals surface area contributed by atoms with Crippen LogP contribution < -0.4 is 9.47 Å². The smallest absolute Gasteiger partial charge is 0.233 e. The van der Waals surface area contributed by atoms with Crippen LogP contribution in [-0.4, -0.2) is 67.3 Å². The van der Waals surface area contributed by atoms with Crippen LogP contribution in [0.1, 0.15) is 18.3 Å². The van der Waals surface area contributed by atoms with Gasteiger partial charge < -0.3 is 19.4 Å². The maximum atomic E-state index is 13.2. The maximum absolute atomic E-state index is 13.2. The van der Waals surface area contributed by atoms with Crippen molar-refractivity contribution < 1.29 is 14.3 Å². The van der Waals surface area contributed by atoms with E-state index in [1.165, 1.54) is 10.9 Å². The van der Waals surface area contributed by atoms with E-state index in [-0.39, 0.29) is 5.91 Å². The van der Waals surface area contributed by atoms with E-state index in [9.17, 15) is 4.79 Å². The number of nitrogens with one attached hydrogen (secondary N) is 1. The molecule has 0 aliphatic carbocycles.